The number of esters is 1. The predicted molar refractivity (Wildman–Crippen MR) is 112 cm³/mol. The maximum absolute atomic E-state index is 11.4. The van der Waals surface area contributed by atoms with Crippen molar-refractivity contribution in [3.63, 3.8) is 0 Å². The molecule has 2 heteroatoms. The minimum Gasteiger partial charge on any atom is -0.465 e. The molecule has 0 aromatic rings. The average molecular weight is 361 g/mol. The van der Waals surface area contributed by atoms with Crippen molar-refractivity contribution in [2.24, 2.45) is 5.92 Å². The van der Waals surface area contributed by atoms with Crippen LogP contribution in [0.15, 0.2) is 35.5 Å². The van der Waals surface area contributed by atoms with Crippen LogP contribution < -0.4 is 0 Å². The molecule has 26 heavy (non-hydrogen) atoms. The fourth-order valence-electron chi connectivity index (χ4n) is 2.86. The number of carbonyl (C=O) groups is 1. The third-order valence-corrected chi connectivity index (χ3v) is 4.78. The Hall–Kier alpha value is -1.31. The van der Waals surface area contributed by atoms with Gasteiger partial charge in [0.05, 0.1) is 12.5 Å². The molecule has 2 nitrogen and oxygen atoms in total. The van der Waals surface area contributed by atoms with Gasteiger partial charge in [-0.2, -0.15) is 0 Å². The van der Waals surface area contributed by atoms with Gasteiger partial charge in [0.1, 0.15) is 0 Å². The Morgan fingerprint density at radius 1 is 0.923 bits per heavy atom. The van der Waals surface area contributed by atoms with Crippen molar-refractivity contribution in [3.8, 4) is 0 Å². The normalized spacial score (nSPS) is 14.7. The number of ether oxygens (including phenoxy) is 1. The number of carbonyl (C=O) groups excluding carboxylic acids is 1. The number of unbranched alkanes of at least 4 members (excludes halogenated alkanes) is 7. The van der Waals surface area contributed by atoms with Crippen LogP contribution in [0.25, 0.3) is 0 Å². The second kappa shape index (κ2) is 14.8. The van der Waals surface area contributed by atoms with Crippen LogP contribution in [-0.2, 0) is 9.53 Å². The molecule has 148 valence electrons. The smallest absolute Gasteiger partial charge is 0.308 e. The lowest BCUT2D eigenvalue weighted by molar-refractivity contribution is -0.145. The van der Waals surface area contributed by atoms with Crippen molar-refractivity contribution >= 4 is 5.97 Å². The van der Waals surface area contributed by atoms with E-state index in [0.717, 1.165) is 32.1 Å². The Labute approximate surface area is 161 Å². The molecule has 1 fully saturated rings. The summed E-state index contributed by atoms with van der Waals surface area (Å²) in [7, 11) is 0. The van der Waals surface area contributed by atoms with E-state index in [2.05, 4.69) is 45.1 Å². The van der Waals surface area contributed by atoms with Gasteiger partial charge in [-0.3, -0.25) is 4.79 Å². The minimum atomic E-state index is 0.0380. The van der Waals surface area contributed by atoms with Crippen LogP contribution in [0.3, 0.4) is 0 Å². The molecule has 0 atom stereocenters. The van der Waals surface area contributed by atoms with Gasteiger partial charge in [-0.25, -0.2) is 0 Å². The van der Waals surface area contributed by atoms with Gasteiger partial charge in [0, 0.05) is 0 Å². The Kier molecular flexibility index (Phi) is 13.0. The Balaban J connectivity index is 1.83. The van der Waals surface area contributed by atoms with Gasteiger partial charge in [-0.1, -0.05) is 67.6 Å². The molecule has 0 spiro atoms. The quantitative estimate of drug-likeness (QED) is 0.132. The molecule has 1 saturated carbocycles. The van der Waals surface area contributed by atoms with E-state index in [-0.39, 0.29) is 11.9 Å². The first-order valence-corrected chi connectivity index (χ1v) is 10.7. The second-order valence-electron chi connectivity index (χ2n) is 7.97. The van der Waals surface area contributed by atoms with Crippen molar-refractivity contribution in [1.29, 1.82) is 0 Å². The van der Waals surface area contributed by atoms with Crippen molar-refractivity contribution in [2.45, 2.75) is 97.8 Å². The fraction of sp³-hybridized carbons (Fsp3) is 0.708. The predicted octanol–water partition coefficient (Wildman–Crippen LogP) is 7.31. The maximum atomic E-state index is 11.4. The lowest BCUT2D eigenvalue weighted by Gasteiger charge is -2.04. The monoisotopic (exact) mass is 360 g/mol. The van der Waals surface area contributed by atoms with Crippen LogP contribution in [-0.4, -0.2) is 12.6 Å². The van der Waals surface area contributed by atoms with E-state index in [4.69, 9.17) is 4.74 Å². The first kappa shape index (κ1) is 22.7. The van der Waals surface area contributed by atoms with E-state index in [1.54, 1.807) is 0 Å². The fourth-order valence-corrected chi connectivity index (χ4v) is 2.86. The van der Waals surface area contributed by atoms with E-state index >= 15 is 0 Å². The molecule has 1 rings (SSSR count). The van der Waals surface area contributed by atoms with Gasteiger partial charge >= 0.3 is 5.97 Å². The van der Waals surface area contributed by atoms with E-state index in [1.165, 1.54) is 56.1 Å². The van der Waals surface area contributed by atoms with Crippen LogP contribution in [0.5, 0.6) is 0 Å². The SMILES string of the molecule is CC(C)=CCCC(C)=CC=CCCCCCCCCCOC(=O)C1CC1. The molecule has 0 aromatic carbocycles. The third-order valence-electron chi connectivity index (χ3n) is 4.78. The zero-order chi connectivity index (χ0) is 19.0. The molecule has 1 aliphatic rings. The standard InChI is InChI=1S/C24H40O2/c1-21(2)15-14-17-22(3)16-12-10-8-6-4-5-7-9-11-13-20-26-24(25)23-18-19-23/h10,12,15-16,23H,4-9,11,13-14,17-20H2,1-3H3. The number of allylic oxidation sites excluding steroid dienone is 6. The van der Waals surface area contributed by atoms with Gasteiger partial charge in [0.25, 0.3) is 0 Å². The molecule has 1 aliphatic carbocycles. The highest BCUT2D eigenvalue weighted by molar-refractivity contribution is 5.74. The molecule has 0 aliphatic heterocycles. The van der Waals surface area contributed by atoms with E-state index in [0.29, 0.717) is 6.61 Å². The van der Waals surface area contributed by atoms with E-state index < -0.39 is 0 Å². The van der Waals surface area contributed by atoms with Gasteiger partial charge in [0.2, 0.25) is 0 Å². The number of hydrogen-bond acceptors (Lipinski definition) is 2. The highest BCUT2D eigenvalue weighted by Crippen LogP contribution is 2.30. The summed E-state index contributed by atoms with van der Waals surface area (Å²) in [5, 5.41) is 0. The van der Waals surface area contributed by atoms with Crippen LogP contribution in [0, 0.1) is 5.92 Å². The topological polar surface area (TPSA) is 26.3 Å². The molecule has 0 radical (unpaired) electrons. The van der Waals surface area contributed by atoms with Crippen molar-refractivity contribution in [2.75, 3.05) is 6.61 Å². The summed E-state index contributed by atoms with van der Waals surface area (Å²) >= 11 is 0. The van der Waals surface area contributed by atoms with E-state index in [9.17, 15) is 4.79 Å². The minimum absolute atomic E-state index is 0.0380. The van der Waals surface area contributed by atoms with Crippen molar-refractivity contribution < 1.29 is 9.53 Å². The summed E-state index contributed by atoms with van der Waals surface area (Å²) in [6, 6.07) is 0. The first-order valence-electron chi connectivity index (χ1n) is 10.7. The Bertz CT molecular complexity index is 463. The summed E-state index contributed by atoms with van der Waals surface area (Å²) in [5.74, 6) is 0.280. The van der Waals surface area contributed by atoms with Gasteiger partial charge < -0.3 is 4.74 Å². The molecule has 0 bridgehead atoms. The van der Waals surface area contributed by atoms with Gasteiger partial charge in [0.15, 0.2) is 0 Å². The van der Waals surface area contributed by atoms with E-state index in [1.807, 2.05) is 0 Å². The Morgan fingerprint density at radius 3 is 2.23 bits per heavy atom. The molecule has 0 saturated heterocycles. The summed E-state index contributed by atoms with van der Waals surface area (Å²) in [4.78, 5) is 11.4. The summed E-state index contributed by atoms with van der Waals surface area (Å²) in [5.41, 5.74) is 2.87. The van der Waals surface area contributed by atoms with Crippen LogP contribution in [0.1, 0.15) is 97.8 Å². The average Bonchev–Trinajstić information content (AvgIpc) is 3.43. The summed E-state index contributed by atoms with van der Waals surface area (Å²) in [6.07, 6.45) is 23.4. The first-order chi connectivity index (χ1) is 12.6. The number of hydrogen-bond donors (Lipinski definition) is 0. The molecule has 0 aromatic heterocycles. The highest BCUT2D eigenvalue weighted by atomic mass is 16.5. The molecule has 0 N–H and O–H groups in total. The molecular weight excluding hydrogens is 320 g/mol. The summed E-state index contributed by atoms with van der Waals surface area (Å²) < 4.78 is 5.24. The Morgan fingerprint density at radius 2 is 1.58 bits per heavy atom. The summed E-state index contributed by atoms with van der Waals surface area (Å²) in [6.45, 7) is 7.16. The second-order valence-corrected chi connectivity index (χ2v) is 7.97. The molecular formula is C24H40O2. The maximum Gasteiger partial charge on any atom is 0.308 e. The largest absolute Gasteiger partial charge is 0.465 e. The number of rotatable bonds is 15. The zero-order valence-electron chi connectivity index (χ0n) is 17.4. The lowest BCUT2D eigenvalue weighted by Crippen LogP contribution is -2.07. The van der Waals surface area contributed by atoms with Crippen molar-refractivity contribution in [1.82, 2.24) is 0 Å². The van der Waals surface area contributed by atoms with Gasteiger partial charge in [-0.15, -0.1) is 0 Å². The van der Waals surface area contributed by atoms with Gasteiger partial charge in [-0.05, 0) is 65.7 Å². The molecule has 0 amide bonds. The van der Waals surface area contributed by atoms with Crippen molar-refractivity contribution in [3.05, 3.63) is 35.5 Å². The highest BCUT2D eigenvalue weighted by Gasteiger charge is 2.30. The third kappa shape index (κ3) is 13.9. The lowest BCUT2D eigenvalue weighted by atomic mass is 10.1. The van der Waals surface area contributed by atoms with Crippen LogP contribution >= 0.6 is 0 Å². The zero-order valence-corrected chi connectivity index (χ0v) is 17.4. The van der Waals surface area contributed by atoms with Crippen LogP contribution in [0.4, 0.5) is 0 Å². The van der Waals surface area contributed by atoms with Crippen LogP contribution in [0.2, 0.25) is 0 Å². The molecule has 0 unspecified atom stereocenters. The molecule has 0 heterocycles.